The van der Waals surface area contributed by atoms with E-state index in [-0.39, 0.29) is 17.5 Å². The van der Waals surface area contributed by atoms with E-state index in [1.165, 1.54) is 23.9 Å². The predicted octanol–water partition coefficient (Wildman–Crippen LogP) is 1.70. The van der Waals surface area contributed by atoms with Crippen molar-refractivity contribution in [2.45, 2.75) is 37.0 Å². The molecule has 1 rings (SSSR count). The molecule has 7 nitrogen and oxygen atoms in total. The van der Waals surface area contributed by atoms with E-state index in [9.17, 15) is 19.7 Å². The van der Waals surface area contributed by atoms with Crippen LogP contribution in [0.4, 0.5) is 5.69 Å². The molecule has 0 saturated heterocycles. The minimum atomic E-state index is -0.715. The van der Waals surface area contributed by atoms with Gasteiger partial charge in [0.1, 0.15) is 6.04 Å². The summed E-state index contributed by atoms with van der Waals surface area (Å²) < 4.78 is 0. The summed E-state index contributed by atoms with van der Waals surface area (Å²) in [6.45, 7) is 5.29. The van der Waals surface area contributed by atoms with Crippen LogP contribution in [0.25, 0.3) is 0 Å². The van der Waals surface area contributed by atoms with Crippen molar-refractivity contribution in [1.29, 1.82) is 0 Å². The van der Waals surface area contributed by atoms with Gasteiger partial charge in [0.2, 0.25) is 11.8 Å². The summed E-state index contributed by atoms with van der Waals surface area (Å²) in [6.07, 6.45) is 0. The number of nitrogens with two attached hydrogens (primary N) is 1. The van der Waals surface area contributed by atoms with E-state index in [2.05, 4.69) is 5.32 Å². The number of rotatable bonds is 7. The highest BCUT2D eigenvalue weighted by Crippen LogP contribution is 2.25. The smallest absolute Gasteiger partial charge is 0.269 e. The van der Waals surface area contributed by atoms with Gasteiger partial charge >= 0.3 is 0 Å². The number of carbonyl (C=O) groups is 2. The number of carbonyl (C=O) groups excluding carboxylic acids is 2. The maximum Gasteiger partial charge on any atom is 0.269 e. The van der Waals surface area contributed by atoms with E-state index in [0.717, 1.165) is 4.90 Å². The summed E-state index contributed by atoms with van der Waals surface area (Å²) >= 11 is 1.25. The van der Waals surface area contributed by atoms with Crippen LogP contribution in [0.2, 0.25) is 0 Å². The van der Waals surface area contributed by atoms with Crippen molar-refractivity contribution < 1.29 is 14.5 Å². The second-order valence-electron chi connectivity index (χ2n) is 5.14. The van der Waals surface area contributed by atoms with Gasteiger partial charge in [-0.25, -0.2) is 0 Å². The fraction of sp³-hybridized carbons (Fsp3) is 0.429. The van der Waals surface area contributed by atoms with E-state index < -0.39 is 22.1 Å². The predicted molar refractivity (Wildman–Crippen MR) is 84.4 cm³/mol. The third kappa shape index (κ3) is 5.03. The molecule has 1 aromatic carbocycles. The first-order chi connectivity index (χ1) is 10.2. The largest absolute Gasteiger partial charge is 0.368 e. The van der Waals surface area contributed by atoms with Crippen molar-refractivity contribution in [3.63, 3.8) is 0 Å². The SMILES string of the molecule is CC(C)[C@@H](NC(=O)[C@@H](C)Sc1ccc([N+](=O)[O-])cc1)C(N)=O. The lowest BCUT2D eigenvalue weighted by atomic mass is 10.0. The Hall–Kier alpha value is -2.09. The Morgan fingerprint density at radius 2 is 1.77 bits per heavy atom. The molecule has 0 aliphatic heterocycles. The summed E-state index contributed by atoms with van der Waals surface area (Å²) in [7, 11) is 0. The van der Waals surface area contributed by atoms with E-state index in [1.807, 2.05) is 0 Å². The number of benzene rings is 1. The Morgan fingerprint density at radius 3 is 2.18 bits per heavy atom. The fourth-order valence-corrected chi connectivity index (χ4v) is 2.62. The molecule has 0 heterocycles. The topological polar surface area (TPSA) is 115 Å². The van der Waals surface area contributed by atoms with Gasteiger partial charge in [-0.05, 0) is 25.0 Å². The number of thioether (sulfide) groups is 1. The van der Waals surface area contributed by atoms with Crippen LogP contribution in [0.15, 0.2) is 29.2 Å². The molecule has 22 heavy (non-hydrogen) atoms. The van der Waals surface area contributed by atoms with Crippen LogP contribution < -0.4 is 11.1 Å². The number of hydrogen-bond acceptors (Lipinski definition) is 5. The van der Waals surface area contributed by atoms with Gasteiger partial charge in [0.05, 0.1) is 10.2 Å². The first-order valence-electron chi connectivity index (χ1n) is 6.73. The second-order valence-corrected chi connectivity index (χ2v) is 6.56. The average molecular weight is 325 g/mol. The van der Waals surface area contributed by atoms with Gasteiger partial charge < -0.3 is 11.1 Å². The van der Waals surface area contributed by atoms with E-state index in [1.54, 1.807) is 32.9 Å². The maximum atomic E-state index is 12.1. The first kappa shape index (κ1) is 18.0. The molecule has 3 N–H and O–H groups in total. The highest BCUT2D eigenvalue weighted by atomic mass is 32.2. The molecule has 120 valence electrons. The summed E-state index contributed by atoms with van der Waals surface area (Å²) in [5, 5.41) is 12.7. The molecule has 0 aliphatic rings. The molecule has 2 atom stereocenters. The minimum Gasteiger partial charge on any atom is -0.368 e. The molecule has 0 aromatic heterocycles. The molecule has 8 heteroatoms. The van der Waals surface area contributed by atoms with Crippen LogP contribution >= 0.6 is 11.8 Å². The van der Waals surface area contributed by atoms with Gasteiger partial charge in [0.15, 0.2) is 0 Å². The van der Waals surface area contributed by atoms with Gasteiger partial charge in [-0.2, -0.15) is 0 Å². The van der Waals surface area contributed by atoms with Crippen LogP contribution in [-0.4, -0.2) is 28.0 Å². The lowest BCUT2D eigenvalue weighted by Crippen LogP contribution is -2.49. The summed E-state index contributed by atoms with van der Waals surface area (Å²) in [4.78, 5) is 34.2. The highest BCUT2D eigenvalue weighted by Gasteiger charge is 2.24. The summed E-state index contributed by atoms with van der Waals surface area (Å²) in [5.41, 5.74) is 5.25. The van der Waals surface area contributed by atoms with Gasteiger partial charge in [-0.15, -0.1) is 11.8 Å². The lowest BCUT2D eigenvalue weighted by Gasteiger charge is -2.21. The number of nitrogens with zero attached hydrogens (tertiary/aromatic N) is 1. The fourth-order valence-electron chi connectivity index (χ4n) is 1.74. The Labute approximate surface area is 132 Å². The van der Waals surface area contributed by atoms with E-state index in [4.69, 9.17) is 5.73 Å². The van der Waals surface area contributed by atoms with Gasteiger partial charge in [0, 0.05) is 17.0 Å². The Bertz CT molecular complexity index is 560. The lowest BCUT2D eigenvalue weighted by molar-refractivity contribution is -0.384. The third-order valence-electron chi connectivity index (χ3n) is 3.00. The van der Waals surface area contributed by atoms with Crippen molar-refractivity contribution in [3.8, 4) is 0 Å². The van der Waals surface area contributed by atoms with Crippen molar-refractivity contribution >= 4 is 29.3 Å². The first-order valence-corrected chi connectivity index (χ1v) is 7.61. The van der Waals surface area contributed by atoms with Crippen LogP contribution in [0, 0.1) is 16.0 Å². The monoisotopic (exact) mass is 325 g/mol. The summed E-state index contributed by atoms with van der Waals surface area (Å²) in [6, 6.07) is 5.22. The number of amides is 2. The van der Waals surface area contributed by atoms with Crippen LogP contribution in [-0.2, 0) is 9.59 Å². The van der Waals surface area contributed by atoms with Crippen LogP contribution in [0.5, 0.6) is 0 Å². The van der Waals surface area contributed by atoms with Gasteiger partial charge in [-0.3, -0.25) is 19.7 Å². The zero-order valence-corrected chi connectivity index (χ0v) is 13.4. The number of hydrogen-bond donors (Lipinski definition) is 2. The molecule has 0 radical (unpaired) electrons. The van der Waals surface area contributed by atoms with Crippen LogP contribution in [0.1, 0.15) is 20.8 Å². The zero-order chi connectivity index (χ0) is 16.9. The van der Waals surface area contributed by atoms with E-state index in [0.29, 0.717) is 0 Å². The molecule has 0 aliphatic carbocycles. The normalized spacial score (nSPS) is 13.5. The second kappa shape index (κ2) is 7.79. The van der Waals surface area contributed by atoms with Crippen molar-refractivity contribution in [2.75, 3.05) is 0 Å². The standard InChI is InChI=1S/C14H19N3O4S/c1-8(2)12(13(15)18)16-14(19)9(3)22-11-6-4-10(5-7-11)17(20)21/h4-9,12H,1-3H3,(H2,15,18)(H,16,19)/t9-,12-/m1/s1. The Morgan fingerprint density at radius 1 is 1.23 bits per heavy atom. The Kier molecular flexibility index (Phi) is 6.36. The highest BCUT2D eigenvalue weighted by molar-refractivity contribution is 8.00. The number of non-ortho nitro benzene ring substituents is 1. The molecule has 0 bridgehead atoms. The number of primary amides is 1. The zero-order valence-electron chi connectivity index (χ0n) is 12.6. The third-order valence-corrected chi connectivity index (χ3v) is 4.11. The average Bonchev–Trinajstić information content (AvgIpc) is 2.44. The number of nitro benzene ring substituents is 1. The number of nitrogens with one attached hydrogen (secondary N) is 1. The Balaban J connectivity index is 2.67. The van der Waals surface area contributed by atoms with Crippen LogP contribution in [0.3, 0.4) is 0 Å². The molecule has 0 spiro atoms. The summed E-state index contributed by atoms with van der Waals surface area (Å²) in [5.74, 6) is -0.977. The minimum absolute atomic E-state index is 0.00458. The van der Waals surface area contributed by atoms with Crippen molar-refractivity contribution in [1.82, 2.24) is 5.32 Å². The van der Waals surface area contributed by atoms with Crippen molar-refractivity contribution in [2.24, 2.45) is 11.7 Å². The molecular formula is C14H19N3O4S. The molecular weight excluding hydrogens is 306 g/mol. The molecule has 1 aromatic rings. The molecule has 0 fully saturated rings. The van der Waals surface area contributed by atoms with E-state index >= 15 is 0 Å². The van der Waals surface area contributed by atoms with Gasteiger partial charge in [0.25, 0.3) is 5.69 Å². The van der Waals surface area contributed by atoms with Crippen molar-refractivity contribution in [3.05, 3.63) is 34.4 Å². The molecule has 0 saturated carbocycles. The maximum absolute atomic E-state index is 12.1. The molecule has 2 amide bonds. The number of nitro groups is 1. The van der Waals surface area contributed by atoms with Gasteiger partial charge in [-0.1, -0.05) is 13.8 Å². The molecule has 0 unspecified atom stereocenters. The quantitative estimate of drug-likeness (QED) is 0.450.